The number of hydrogen-bond donors (Lipinski definition) is 1. The SMILES string of the molecule is CC(C)(C)OC(=O)N1CCC(c2nc3ccc(C(=O)N[C@H]4CCOc5ccccc54)cn3n2)CC1. The van der Waals surface area contributed by atoms with Crippen LogP contribution in [-0.4, -0.2) is 56.8 Å². The highest BCUT2D eigenvalue weighted by molar-refractivity contribution is 5.94. The Balaban J connectivity index is 1.25. The molecule has 0 unspecified atom stereocenters. The first kappa shape index (κ1) is 23.1. The summed E-state index contributed by atoms with van der Waals surface area (Å²) in [4.78, 5) is 31.8. The van der Waals surface area contributed by atoms with Gasteiger partial charge in [0.2, 0.25) is 0 Å². The van der Waals surface area contributed by atoms with E-state index in [1.54, 1.807) is 21.7 Å². The van der Waals surface area contributed by atoms with Crippen molar-refractivity contribution in [2.24, 2.45) is 0 Å². The lowest BCUT2D eigenvalue weighted by Crippen LogP contribution is -2.41. The summed E-state index contributed by atoms with van der Waals surface area (Å²) in [5.74, 6) is 1.56. The second kappa shape index (κ2) is 9.20. The summed E-state index contributed by atoms with van der Waals surface area (Å²) in [5.41, 5.74) is 1.71. The van der Waals surface area contributed by atoms with Crippen molar-refractivity contribution in [1.29, 1.82) is 0 Å². The van der Waals surface area contributed by atoms with Crippen LogP contribution >= 0.6 is 0 Å². The van der Waals surface area contributed by atoms with Crippen LogP contribution in [0.2, 0.25) is 0 Å². The van der Waals surface area contributed by atoms with Gasteiger partial charge in [-0.1, -0.05) is 18.2 Å². The maximum absolute atomic E-state index is 13.0. The Morgan fingerprint density at radius 3 is 2.63 bits per heavy atom. The van der Waals surface area contributed by atoms with Crippen LogP contribution in [0.3, 0.4) is 0 Å². The standard InChI is InChI=1S/C26H31N5O4/c1-26(2,3)35-25(33)30-13-10-17(11-14-30)23-28-22-9-8-18(16-31(22)29-23)24(32)27-20-12-15-34-21-7-5-4-6-19(20)21/h4-9,16-17,20H,10-15H2,1-3H3,(H,27,32)/t20-/m0/s1. The average molecular weight is 478 g/mol. The van der Waals surface area contributed by atoms with E-state index in [2.05, 4.69) is 15.4 Å². The van der Waals surface area contributed by atoms with Gasteiger partial charge in [-0.25, -0.2) is 14.3 Å². The minimum absolute atomic E-state index is 0.0930. The lowest BCUT2D eigenvalue weighted by molar-refractivity contribution is 0.0203. The van der Waals surface area contributed by atoms with E-state index >= 15 is 0 Å². The van der Waals surface area contributed by atoms with Gasteiger partial charge in [-0.05, 0) is 51.8 Å². The number of amides is 2. The molecule has 1 saturated heterocycles. The highest BCUT2D eigenvalue weighted by atomic mass is 16.6. The molecule has 0 saturated carbocycles. The minimum Gasteiger partial charge on any atom is -0.493 e. The summed E-state index contributed by atoms with van der Waals surface area (Å²) in [6, 6.07) is 11.3. The molecule has 0 aliphatic carbocycles. The van der Waals surface area contributed by atoms with E-state index in [9.17, 15) is 9.59 Å². The predicted molar refractivity (Wildman–Crippen MR) is 130 cm³/mol. The van der Waals surface area contributed by atoms with Crippen molar-refractivity contribution in [2.75, 3.05) is 19.7 Å². The molecule has 9 nitrogen and oxygen atoms in total. The molecular weight excluding hydrogens is 446 g/mol. The third kappa shape index (κ3) is 5.08. The number of ether oxygens (including phenoxy) is 2. The summed E-state index contributed by atoms with van der Waals surface area (Å²) >= 11 is 0. The van der Waals surface area contributed by atoms with Gasteiger partial charge in [-0.15, -0.1) is 0 Å². The maximum Gasteiger partial charge on any atom is 0.410 e. The van der Waals surface area contributed by atoms with Crippen LogP contribution in [0.5, 0.6) is 5.75 Å². The van der Waals surface area contributed by atoms with Gasteiger partial charge in [0.1, 0.15) is 11.4 Å². The first-order valence-corrected chi connectivity index (χ1v) is 12.1. The zero-order chi connectivity index (χ0) is 24.6. The van der Waals surface area contributed by atoms with Crippen LogP contribution in [-0.2, 0) is 4.74 Å². The van der Waals surface area contributed by atoms with Crippen LogP contribution < -0.4 is 10.1 Å². The molecule has 3 aromatic rings. The van der Waals surface area contributed by atoms with Crippen molar-refractivity contribution in [3.63, 3.8) is 0 Å². The molecule has 4 heterocycles. The Morgan fingerprint density at radius 1 is 1.09 bits per heavy atom. The van der Waals surface area contributed by atoms with Gasteiger partial charge in [-0.2, -0.15) is 5.10 Å². The number of benzene rings is 1. The smallest absolute Gasteiger partial charge is 0.410 e. The summed E-state index contributed by atoms with van der Waals surface area (Å²) in [6.07, 6.45) is 3.71. The van der Waals surface area contributed by atoms with E-state index in [0.717, 1.165) is 36.4 Å². The van der Waals surface area contributed by atoms with Crippen LogP contribution in [0.15, 0.2) is 42.6 Å². The van der Waals surface area contributed by atoms with Crippen molar-refractivity contribution in [3.8, 4) is 5.75 Å². The fourth-order valence-electron chi connectivity index (χ4n) is 4.59. The molecule has 9 heteroatoms. The molecule has 184 valence electrons. The molecule has 2 aliphatic heterocycles. The molecule has 1 N–H and O–H groups in total. The van der Waals surface area contributed by atoms with Crippen molar-refractivity contribution in [1.82, 2.24) is 24.8 Å². The number of nitrogens with one attached hydrogen (secondary N) is 1. The fraction of sp³-hybridized carbons (Fsp3) is 0.462. The minimum atomic E-state index is -0.505. The van der Waals surface area contributed by atoms with E-state index in [0.29, 0.717) is 30.9 Å². The van der Waals surface area contributed by atoms with Crippen molar-refractivity contribution < 1.29 is 19.1 Å². The molecule has 0 bridgehead atoms. The second-order valence-corrected chi connectivity index (χ2v) is 10.1. The summed E-state index contributed by atoms with van der Waals surface area (Å²) in [6.45, 7) is 7.39. The van der Waals surface area contributed by atoms with E-state index in [1.807, 2.05) is 51.1 Å². The Hall–Kier alpha value is -3.62. The summed E-state index contributed by atoms with van der Waals surface area (Å²) in [5, 5.41) is 7.79. The highest BCUT2D eigenvalue weighted by Crippen LogP contribution is 2.32. The fourth-order valence-corrected chi connectivity index (χ4v) is 4.59. The molecule has 1 atom stereocenters. The molecule has 5 rings (SSSR count). The normalized spacial score (nSPS) is 18.6. The molecule has 1 aromatic carbocycles. The molecule has 2 amide bonds. The predicted octanol–water partition coefficient (Wildman–Crippen LogP) is 4.10. The number of aromatic nitrogens is 3. The summed E-state index contributed by atoms with van der Waals surface area (Å²) in [7, 11) is 0. The highest BCUT2D eigenvalue weighted by Gasteiger charge is 2.29. The maximum atomic E-state index is 13.0. The van der Waals surface area contributed by atoms with Crippen molar-refractivity contribution in [2.45, 2.75) is 57.6 Å². The van der Waals surface area contributed by atoms with Crippen LogP contribution in [0.1, 0.15) is 73.7 Å². The number of hydrogen-bond acceptors (Lipinski definition) is 6. The van der Waals surface area contributed by atoms with E-state index in [-0.39, 0.29) is 24.0 Å². The second-order valence-electron chi connectivity index (χ2n) is 10.1. The van der Waals surface area contributed by atoms with E-state index < -0.39 is 5.60 Å². The number of rotatable bonds is 3. The van der Waals surface area contributed by atoms with Gasteiger partial charge in [-0.3, -0.25) is 4.79 Å². The molecule has 0 radical (unpaired) electrons. The summed E-state index contributed by atoms with van der Waals surface area (Å²) < 4.78 is 12.8. The zero-order valence-electron chi connectivity index (χ0n) is 20.4. The monoisotopic (exact) mass is 477 g/mol. The third-order valence-electron chi connectivity index (χ3n) is 6.39. The molecule has 2 aromatic heterocycles. The molecular formula is C26H31N5O4. The molecule has 0 spiro atoms. The van der Waals surface area contributed by atoms with E-state index in [4.69, 9.17) is 9.47 Å². The number of para-hydroxylation sites is 1. The number of pyridine rings is 1. The lowest BCUT2D eigenvalue weighted by atomic mass is 9.96. The van der Waals surface area contributed by atoms with Crippen LogP contribution in [0.4, 0.5) is 4.79 Å². The number of carbonyl (C=O) groups excluding carboxylic acids is 2. The van der Waals surface area contributed by atoms with Gasteiger partial charge in [0.05, 0.1) is 18.2 Å². The van der Waals surface area contributed by atoms with Crippen molar-refractivity contribution >= 4 is 17.6 Å². The number of likely N-dealkylation sites (tertiary alicyclic amines) is 1. The van der Waals surface area contributed by atoms with Gasteiger partial charge in [0, 0.05) is 37.2 Å². The van der Waals surface area contributed by atoms with Crippen molar-refractivity contribution in [3.05, 3.63) is 59.5 Å². The molecule has 2 aliphatic rings. The first-order valence-electron chi connectivity index (χ1n) is 12.1. The number of piperidine rings is 1. The van der Waals surface area contributed by atoms with Gasteiger partial charge in [0.15, 0.2) is 11.5 Å². The quantitative estimate of drug-likeness (QED) is 0.610. The van der Waals surface area contributed by atoms with E-state index in [1.165, 1.54) is 0 Å². The Bertz CT molecular complexity index is 1240. The number of carbonyl (C=O) groups is 2. The van der Waals surface area contributed by atoms with Crippen LogP contribution in [0.25, 0.3) is 5.65 Å². The molecule has 35 heavy (non-hydrogen) atoms. The number of nitrogens with zero attached hydrogens (tertiary/aromatic N) is 4. The Morgan fingerprint density at radius 2 is 1.86 bits per heavy atom. The third-order valence-corrected chi connectivity index (χ3v) is 6.39. The first-order chi connectivity index (χ1) is 16.8. The largest absolute Gasteiger partial charge is 0.493 e. The molecule has 1 fully saturated rings. The van der Waals surface area contributed by atoms with Crippen LogP contribution in [0, 0.1) is 0 Å². The van der Waals surface area contributed by atoms with Gasteiger partial charge >= 0.3 is 6.09 Å². The average Bonchev–Trinajstić information content (AvgIpc) is 3.27. The lowest BCUT2D eigenvalue weighted by Gasteiger charge is -2.32. The number of fused-ring (bicyclic) bond motifs is 2. The Kier molecular flexibility index (Phi) is 6.08. The Labute approximate surface area is 204 Å². The van der Waals surface area contributed by atoms with Gasteiger partial charge in [0.25, 0.3) is 5.91 Å². The van der Waals surface area contributed by atoms with Gasteiger partial charge < -0.3 is 19.7 Å². The zero-order valence-corrected chi connectivity index (χ0v) is 20.4. The topological polar surface area (TPSA) is 98.1 Å².